The van der Waals surface area contributed by atoms with Crippen LogP contribution in [0, 0.1) is 0 Å². The molecular formula is C48H39N5. The van der Waals surface area contributed by atoms with Crippen molar-refractivity contribution >= 4 is 55.9 Å². The molecule has 2 aliphatic rings. The molecule has 3 heterocycles. The van der Waals surface area contributed by atoms with Crippen LogP contribution in [0.25, 0.3) is 27.5 Å². The lowest BCUT2D eigenvalue weighted by Crippen LogP contribution is -2.43. The molecule has 0 saturated heterocycles. The molecule has 1 N–H and O–H groups in total. The van der Waals surface area contributed by atoms with Crippen molar-refractivity contribution in [3.05, 3.63) is 205 Å². The van der Waals surface area contributed by atoms with Gasteiger partial charge in [-0.2, -0.15) is 0 Å². The molecular weight excluding hydrogens is 647 g/mol. The monoisotopic (exact) mass is 685 g/mol. The Bertz CT molecular complexity index is 2610. The van der Waals surface area contributed by atoms with E-state index in [1.54, 1.807) is 0 Å². The molecule has 0 radical (unpaired) electrons. The lowest BCUT2D eigenvalue weighted by molar-refractivity contribution is 0.559. The number of benzene rings is 7. The maximum Gasteiger partial charge on any atom is 0.128 e. The van der Waals surface area contributed by atoms with E-state index in [9.17, 15) is 0 Å². The van der Waals surface area contributed by atoms with E-state index in [0.29, 0.717) is 0 Å². The molecule has 5 heteroatoms. The topological polar surface area (TPSA) is 26.7 Å². The zero-order valence-corrected chi connectivity index (χ0v) is 29.8. The largest absolute Gasteiger partial charge is 0.320 e. The summed E-state index contributed by atoms with van der Waals surface area (Å²) < 4.78 is 2.46. The number of nitrogens with zero attached hydrogens (tertiary/aromatic N) is 4. The number of hydrogen-bond acceptors (Lipinski definition) is 4. The van der Waals surface area contributed by atoms with Crippen LogP contribution in [-0.2, 0) is 5.41 Å². The maximum absolute atomic E-state index is 4.91. The van der Waals surface area contributed by atoms with Crippen LogP contribution in [-0.4, -0.2) is 4.68 Å². The first-order valence-corrected chi connectivity index (χ1v) is 18.3. The van der Waals surface area contributed by atoms with E-state index in [-0.39, 0.29) is 11.6 Å². The van der Waals surface area contributed by atoms with Gasteiger partial charge in [-0.25, -0.2) is 15.1 Å². The van der Waals surface area contributed by atoms with Gasteiger partial charge in [-0.05, 0) is 65.2 Å². The highest BCUT2D eigenvalue weighted by Gasteiger charge is 2.40. The van der Waals surface area contributed by atoms with Crippen LogP contribution in [0.2, 0.25) is 0 Å². The second kappa shape index (κ2) is 12.0. The third-order valence-corrected chi connectivity index (χ3v) is 11.1. The lowest BCUT2D eigenvalue weighted by atomic mass is 9.74. The third kappa shape index (κ3) is 4.67. The molecule has 7 aromatic carbocycles. The summed E-state index contributed by atoms with van der Waals surface area (Å²) in [5.41, 5.74) is 17.2. The zero-order chi connectivity index (χ0) is 35.7. The number of para-hydroxylation sites is 5. The summed E-state index contributed by atoms with van der Waals surface area (Å²) in [5, 5.41) is 7.10. The van der Waals surface area contributed by atoms with E-state index < -0.39 is 0 Å². The Kier molecular flexibility index (Phi) is 7.07. The van der Waals surface area contributed by atoms with Gasteiger partial charge in [0, 0.05) is 33.1 Å². The Morgan fingerprint density at radius 3 is 1.75 bits per heavy atom. The van der Waals surface area contributed by atoms with E-state index in [4.69, 9.17) is 6.58 Å². The fourth-order valence-electron chi connectivity index (χ4n) is 8.61. The van der Waals surface area contributed by atoms with E-state index in [1.165, 1.54) is 21.9 Å². The molecule has 0 fully saturated rings. The molecule has 1 aromatic heterocycles. The first-order chi connectivity index (χ1) is 26.0. The summed E-state index contributed by atoms with van der Waals surface area (Å²) in [6, 6.07) is 63.0. The second-order valence-electron chi connectivity index (χ2n) is 14.4. The number of aromatic nitrogens is 1. The Hall–Kier alpha value is -6.56. The van der Waals surface area contributed by atoms with E-state index >= 15 is 0 Å². The van der Waals surface area contributed by atoms with Gasteiger partial charge in [0.05, 0.1) is 33.8 Å². The quantitative estimate of drug-likeness (QED) is 0.199. The van der Waals surface area contributed by atoms with Crippen molar-refractivity contribution in [2.45, 2.75) is 25.4 Å². The molecule has 5 nitrogen and oxygen atoms in total. The molecule has 10 rings (SSSR count). The number of hydrazine groups is 1. The maximum atomic E-state index is 4.91. The minimum Gasteiger partial charge on any atom is -0.320 e. The minimum atomic E-state index is -0.274. The van der Waals surface area contributed by atoms with Crippen molar-refractivity contribution in [2.24, 2.45) is 0 Å². The molecule has 8 aromatic rings. The van der Waals surface area contributed by atoms with Crippen molar-refractivity contribution < 1.29 is 0 Å². The van der Waals surface area contributed by atoms with Crippen molar-refractivity contribution in [1.29, 1.82) is 0 Å². The predicted octanol–water partition coefficient (Wildman–Crippen LogP) is 11.9. The zero-order valence-electron chi connectivity index (χ0n) is 29.8. The summed E-state index contributed by atoms with van der Waals surface area (Å²) in [6.45, 7) is 9.59. The van der Waals surface area contributed by atoms with Crippen LogP contribution in [0.15, 0.2) is 183 Å². The van der Waals surface area contributed by atoms with Crippen LogP contribution in [0.5, 0.6) is 0 Å². The molecule has 0 aliphatic carbocycles. The van der Waals surface area contributed by atoms with Gasteiger partial charge in [-0.1, -0.05) is 148 Å². The standard InChI is InChI=1S/C48H39N5/c1-33-37-31-32-39-38-25-13-16-28-42(38)53(52-43-29-17-14-26-40(43)48(2,3)41-27-15-18-30-44(41)52)46(39)45(37)51(36-23-11-6-12-24-36)49-47(34-19-7-4-8-20-34)50(33)35-21-9-5-10-22-35/h4-32,47,49H,1H2,2-3H3. The van der Waals surface area contributed by atoms with Crippen LogP contribution < -0.4 is 20.3 Å². The predicted molar refractivity (Wildman–Crippen MR) is 221 cm³/mol. The number of fused-ring (bicyclic) bond motifs is 7. The van der Waals surface area contributed by atoms with Gasteiger partial charge in [0.2, 0.25) is 0 Å². The number of anilines is 5. The van der Waals surface area contributed by atoms with Gasteiger partial charge in [0.25, 0.3) is 0 Å². The summed E-state index contributed by atoms with van der Waals surface area (Å²) in [4.78, 5) is 2.34. The molecule has 1 atom stereocenters. The molecule has 0 saturated carbocycles. The lowest BCUT2D eigenvalue weighted by Gasteiger charge is -2.43. The van der Waals surface area contributed by atoms with Gasteiger partial charge in [-0.15, -0.1) is 0 Å². The second-order valence-corrected chi connectivity index (χ2v) is 14.4. The minimum absolute atomic E-state index is 0.190. The average molecular weight is 686 g/mol. The number of rotatable bonds is 4. The Morgan fingerprint density at radius 2 is 1.09 bits per heavy atom. The third-order valence-electron chi connectivity index (χ3n) is 11.1. The van der Waals surface area contributed by atoms with Gasteiger partial charge < -0.3 is 4.90 Å². The van der Waals surface area contributed by atoms with Gasteiger partial charge in [0.15, 0.2) is 0 Å². The highest BCUT2D eigenvalue weighted by molar-refractivity contribution is 6.16. The fraction of sp³-hybridized carbons (Fsp3) is 0.0833. The normalized spacial score (nSPS) is 16.3. The van der Waals surface area contributed by atoms with Crippen molar-refractivity contribution in [3.8, 4) is 0 Å². The molecule has 1 unspecified atom stereocenters. The van der Waals surface area contributed by atoms with Crippen LogP contribution in [0.3, 0.4) is 0 Å². The SMILES string of the molecule is C=C1c2ccc3c4ccccc4n(N4c5ccccc5C(C)(C)c5ccccc54)c3c2N(c2ccccc2)NC(c2ccccc2)N1c1ccccc1. The Morgan fingerprint density at radius 1 is 0.547 bits per heavy atom. The highest BCUT2D eigenvalue weighted by Crippen LogP contribution is 2.53. The van der Waals surface area contributed by atoms with Crippen LogP contribution in [0.4, 0.5) is 28.4 Å². The molecule has 0 amide bonds. The summed E-state index contributed by atoms with van der Waals surface area (Å²) in [7, 11) is 0. The van der Waals surface area contributed by atoms with Gasteiger partial charge in [-0.3, -0.25) is 5.01 Å². The van der Waals surface area contributed by atoms with E-state index in [0.717, 1.165) is 56.3 Å². The van der Waals surface area contributed by atoms with Crippen molar-refractivity contribution in [1.82, 2.24) is 10.1 Å². The van der Waals surface area contributed by atoms with E-state index in [2.05, 4.69) is 215 Å². The van der Waals surface area contributed by atoms with Crippen molar-refractivity contribution in [3.63, 3.8) is 0 Å². The van der Waals surface area contributed by atoms with Crippen LogP contribution >= 0.6 is 0 Å². The summed E-state index contributed by atoms with van der Waals surface area (Å²) in [6.07, 6.45) is -0.274. The summed E-state index contributed by atoms with van der Waals surface area (Å²) >= 11 is 0. The molecule has 53 heavy (non-hydrogen) atoms. The van der Waals surface area contributed by atoms with Crippen LogP contribution in [0.1, 0.15) is 42.3 Å². The molecule has 0 bridgehead atoms. The van der Waals surface area contributed by atoms with Crippen molar-refractivity contribution in [2.75, 3.05) is 14.9 Å². The fourth-order valence-corrected chi connectivity index (χ4v) is 8.61. The molecule has 2 aliphatic heterocycles. The summed E-state index contributed by atoms with van der Waals surface area (Å²) in [5.74, 6) is 0. The first-order valence-electron chi connectivity index (χ1n) is 18.3. The average Bonchev–Trinajstić information content (AvgIpc) is 3.47. The molecule has 0 spiro atoms. The Balaban J connectivity index is 1.35. The molecule has 256 valence electrons. The highest BCUT2D eigenvalue weighted by atomic mass is 15.6. The first kappa shape index (κ1) is 31.2. The van der Waals surface area contributed by atoms with Gasteiger partial charge in [0.1, 0.15) is 6.17 Å². The van der Waals surface area contributed by atoms with Gasteiger partial charge >= 0.3 is 0 Å². The number of nitrogens with one attached hydrogen (secondary N) is 1. The Labute approximate surface area is 310 Å². The smallest absolute Gasteiger partial charge is 0.128 e. The number of hydrogen-bond donors (Lipinski definition) is 1. The van der Waals surface area contributed by atoms with E-state index in [1.807, 2.05) is 0 Å².